The predicted octanol–water partition coefficient (Wildman–Crippen LogP) is 1.38. The van der Waals surface area contributed by atoms with Crippen molar-refractivity contribution in [3.63, 3.8) is 0 Å². The molecule has 2 aliphatic heterocycles. The number of hydrogen-bond donors (Lipinski definition) is 1. The minimum atomic E-state index is 0.348. The van der Waals surface area contributed by atoms with Crippen LogP contribution in [-0.2, 0) is 0 Å². The maximum absolute atomic E-state index is 5.42. The van der Waals surface area contributed by atoms with E-state index in [1.165, 1.54) is 5.56 Å². The van der Waals surface area contributed by atoms with Crippen molar-refractivity contribution in [2.75, 3.05) is 33.0 Å². The molecular formula is C13H18N2O2. The number of ether oxygens (including phenoxy) is 2. The Labute approximate surface area is 102 Å². The van der Waals surface area contributed by atoms with Crippen LogP contribution >= 0.6 is 0 Å². The fourth-order valence-corrected chi connectivity index (χ4v) is 2.45. The van der Waals surface area contributed by atoms with Crippen LogP contribution in [0.5, 0.6) is 11.5 Å². The van der Waals surface area contributed by atoms with Crippen molar-refractivity contribution < 1.29 is 9.47 Å². The fourth-order valence-electron chi connectivity index (χ4n) is 2.45. The van der Waals surface area contributed by atoms with Gasteiger partial charge in [0.2, 0.25) is 6.79 Å². The Balaban J connectivity index is 1.78. The average molecular weight is 234 g/mol. The van der Waals surface area contributed by atoms with E-state index in [2.05, 4.69) is 29.3 Å². The molecule has 1 atom stereocenters. The van der Waals surface area contributed by atoms with Crippen LogP contribution in [0.25, 0.3) is 0 Å². The summed E-state index contributed by atoms with van der Waals surface area (Å²) in [6.45, 7) is 6.97. The van der Waals surface area contributed by atoms with Crippen LogP contribution in [0.2, 0.25) is 0 Å². The summed E-state index contributed by atoms with van der Waals surface area (Å²) in [6, 6.07) is 6.69. The molecule has 1 aromatic rings. The highest BCUT2D eigenvalue weighted by atomic mass is 16.7. The molecule has 0 amide bonds. The molecule has 1 aromatic carbocycles. The van der Waals surface area contributed by atoms with Crippen molar-refractivity contribution in [2.24, 2.45) is 0 Å². The summed E-state index contributed by atoms with van der Waals surface area (Å²) in [4.78, 5) is 2.49. The van der Waals surface area contributed by atoms with Crippen LogP contribution in [0.15, 0.2) is 18.2 Å². The van der Waals surface area contributed by atoms with Gasteiger partial charge in [0.15, 0.2) is 11.5 Å². The van der Waals surface area contributed by atoms with Gasteiger partial charge in [0.1, 0.15) is 0 Å². The van der Waals surface area contributed by atoms with Crippen LogP contribution < -0.4 is 14.8 Å². The molecule has 0 aromatic heterocycles. The highest BCUT2D eigenvalue weighted by Crippen LogP contribution is 2.35. The van der Waals surface area contributed by atoms with E-state index in [4.69, 9.17) is 9.47 Å². The van der Waals surface area contributed by atoms with Crippen LogP contribution in [-0.4, -0.2) is 37.9 Å². The summed E-state index contributed by atoms with van der Waals surface area (Å²) < 4.78 is 10.8. The summed E-state index contributed by atoms with van der Waals surface area (Å²) in [7, 11) is 0. The normalized spacial score (nSPS) is 21.5. The molecule has 92 valence electrons. The molecule has 17 heavy (non-hydrogen) atoms. The van der Waals surface area contributed by atoms with Crippen molar-refractivity contribution >= 4 is 0 Å². The van der Waals surface area contributed by atoms with E-state index < -0.39 is 0 Å². The molecule has 0 unspecified atom stereocenters. The van der Waals surface area contributed by atoms with Gasteiger partial charge in [0.25, 0.3) is 0 Å². The Morgan fingerprint density at radius 2 is 1.94 bits per heavy atom. The fraction of sp³-hybridized carbons (Fsp3) is 0.538. The first-order valence-corrected chi connectivity index (χ1v) is 6.19. The Kier molecular flexibility index (Phi) is 2.91. The van der Waals surface area contributed by atoms with Crippen LogP contribution in [0, 0.1) is 0 Å². The van der Waals surface area contributed by atoms with Crippen molar-refractivity contribution in [1.82, 2.24) is 10.2 Å². The molecule has 0 saturated carbocycles. The van der Waals surface area contributed by atoms with Gasteiger partial charge in [-0.1, -0.05) is 6.07 Å². The summed E-state index contributed by atoms with van der Waals surface area (Å²) in [5, 5.41) is 3.38. The van der Waals surface area contributed by atoms with Crippen molar-refractivity contribution in [3.05, 3.63) is 23.8 Å². The highest BCUT2D eigenvalue weighted by molar-refractivity contribution is 5.45. The first kappa shape index (κ1) is 10.9. The number of rotatable bonds is 2. The van der Waals surface area contributed by atoms with Gasteiger partial charge < -0.3 is 14.8 Å². The van der Waals surface area contributed by atoms with E-state index in [0.717, 1.165) is 37.7 Å². The molecular weight excluding hydrogens is 216 g/mol. The molecule has 0 spiro atoms. The van der Waals surface area contributed by atoms with Gasteiger partial charge in [-0.15, -0.1) is 0 Å². The maximum atomic E-state index is 5.42. The Morgan fingerprint density at radius 3 is 2.76 bits per heavy atom. The first-order chi connectivity index (χ1) is 8.34. The van der Waals surface area contributed by atoms with E-state index in [1.807, 2.05) is 6.07 Å². The zero-order chi connectivity index (χ0) is 11.7. The molecule has 4 nitrogen and oxygen atoms in total. The third-order valence-electron chi connectivity index (χ3n) is 3.58. The molecule has 0 bridgehead atoms. The Bertz CT molecular complexity index is 402. The predicted molar refractivity (Wildman–Crippen MR) is 65.4 cm³/mol. The molecule has 1 N–H and O–H groups in total. The van der Waals surface area contributed by atoms with Gasteiger partial charge in [0.05, 0.1) is 0 Å². The second-order valence-corrected chi connectivity index (χ2v) is 4.57. The number of fused-ring (bicyclic) bond motifs is 1. The van der Waals surface area contributed by atoms with E-state index in [1.54, 1.807) is 0 Å². The van der Waals surface area contributed by atoms with E-state index in [0.29, 0.717) is 12.8 Å². The lowest BCUT2D eigenvalue weighted by Crippen LogP contribution is -2.44. The molecule has 1 saturated heterocycles. The molecule has 2 heterocycles. The molecule has 2 aliphatic rings. The number of hydrogen-bond acceptors (Lipinski definition) is 4. The van der Waals surface area contributed by atoms with Crippen molar-refractivity contribution in [2.45, 2.75) is 13.0 Å². The third kappa shape index (κ3) is 2.10. The molecule has 4 heteroatoms. The van der Waals surface area contributed by atoms with Gasteiger partial charge in [-0.05, 0) is 24.6 Å². The highest BCUT2D eigenvalue weighted by Gasteiger charge is 2.20. The smallest absolute Gasteiger partial charge is 0.231 e. The summed E-state index contributed by atoms with van der Waals surface area (Å²) in [5.41, 5.74) is 1.30. The second-order valence-electron chi connectivity index (χ2n) is 4.57. The molecule has 1 fully saturated rings. The van der Waals surface area contributed by atoms with Crippen molar-refractivity contribution in [1.29, 1.82) is 0 Å². The zero-order valence-electron chi connectivity index (χ0n) is 10.1. The standard InChI is InChI=1S/C13H18N2O2/c1-10(15-6-4-14-5-7-15)11-2-3-12-13(8-11)17-9-16-12/h2-3,8,10,14H,4-7,9H2,1H3/t10-/m0/s1. The minimum absolute atomic E-state index is 0.348. The SMILES string of the molecule is C[C@@H](c1ccc2c(c1)OCO2)N1CCNCC1. The lowest BCUT2D eigenvalue weighted by molar-refractivity contribution is 0.173. The van der Waals surface area contributed by atoms with E-state index in [9.17, 15) is 0 Å². The zero-order valence-corrected chi connectivity index (χ0v) is 10.1. The lowest BCUT2D eigenvalue weighted by atomic mass is 10.1. The van der Waals surface area contributed by atoms with Crippen LogP contribution in [0.3, 0.4) is 0 Å². The number of piperazine rings is 1. The first-order valence-electron chi connectivity index (χ1n) is 6.19. The van der Waals surface area contributed by atoms with Gasteiger partial charge in [-0.3, -0.25) is 4.90 Å². The summed E-state index contributed by atoms with van der Waals surface area (Å²) in [6.07, 6.45) is 0. The molecule has 0 aliphatic carbocycles. The second kappa shape index (κ2) is 4.55. The molecule has 3 rings (SSSR count). The maximum Gasteiger partial charge on any atom is 0.231 e. The number of nitrogens with zero attached hydrogens (tertiary/aromatic N) is 1. The largest absolute Gasteiger partial charge is 0.454 e. The third-order valence-corrected chi connectivity index (χ3v) is 3.58. The van der Waals surface area contributed by atoms with Crippen molar-refractivity contribution in [3.8, 4) is 11.5 Å². The molecule has 0 radical (unpaired) electrons. The topological polar surface area (TPSA) is 33.7 Å². The van der Waals surface area contributed by atoms with Gasteiger partial charge in [0, 0.05) is 32.2 Å². The van der Waals surface area contributed by atoms with Gasteiger partial charge >= 0.3 is 0 Å². The summed E-state index contributed by atoms with van der Waals surface area (Å²) >= 11 is 0. The van der Waals surface area contributed by atoms with Gasteiger partial charge in [-0.25, -0.2) is 0 Å². The van der Waals surface area contributed by atoms with E-state index in [-0.39, 0.29) is 0 Å². The Hall–Kier alpha value is -1.26. The summed E-state index contributed by atoms with van der Waals surface area (Å²) in [5.74, 6) is 1.74. The Morgan fingerprint density at radius 1 is 1.18 bits per heavy atom. The van der Waals surface area contributed by atoms with Gasteiger partial charge in [-0.2, -0.15) is 0 Å². The quantitative estimate of drug-likeness (QED) is 0.838. The number of nitrogens with one attached hydrogen (secondary N) is 1. The monoisotopic (exact) mass is 234 g/mol. The lowest BCUT2D eigenvalue weighted by Gasteiger charge is -2.33. The number of benzene rings is 1. The van der Waals surface area contributed by atoms with Crippen LogP contribution in [0.1, 0.15) is 18.5 Å². The van der Waals surface area contributed by atoms with Crippen LogP contribution in [0.4, 0.5) is 0 Å². The average Bonchev–Trinajstić information content (AvgIpc) is 2.86. The van der Waals surface area contributed by atoms with E-state index >= 15 is 0 Å². The minimum Gasteiger partial charge on any atom is -0.454 e.